The van der Waals surface area contributed by atoms with Crippen LogP contribution in [0, 0.1) is 0 Å². The molecule has 0 spiro atoms. The van der Waals surface area contributed by atoms with Gasteiger partial charge in [-0.3, -0.25) is 4.79 Å². The van der Waals surface area contributed by atoms with E-state index in [4.69, 9.17) is 9.15 Å². The molecule has 1 aliphatic heterocycles. The fourth-order valence-electron chi connectivity index (χ4n) is 3.46. The van der Waals surface area contributed by atoms with Gasteiger partial charge in [0.1, 0.15) is 11.3 Å². The summed E-state index contributed by atoms with van der Waals surface area (Å²) in [6.07, 6.45) is -0.0920. The first kappa shape index (κ1) is 16.1. The summed E-state index contributed by atoms with van der Waals surface area (Å²) in [6.45, 7) is 2.74. The standard InChI is InChI=1S/C20H21NO4/c1-13-12-24-16(11-22)10-21(13)20(23)9-15-8-18-17-5-3-2-4-14(17)6-7-19(18)25-15/h2-8,13,16,22H,9-12H2,1H3/t13-,16+/m1/s1. The van der Waals surface area contributed by atoms with Gasteiger partial charge in [0.15, 0.2) is 0 Å². The van der Waals surface area contributed by atoms with Gasteiger partial charge in [0, 0.05) is 11.9 Å². The van der Waals surface area contributed by atoms with E-state index in [9.17, 15) is 9.90 Å². The third kappa shape index (κ3) is 3.01. The van der Waals surface area contributed by atoms with E-state index in [1.807, 2.05) is 37.3 Å². The maximum absolute atomic E-state index is 12.7. The van der Waals surface area contributed by atoms with Gasteiger partial charge < -0.3 is 19.2 Å². The Kier molecular flexibility index (Phi) is 4.19. The zero-order valence-electron chi connectivity index (χ0n) is 14.1. The van der Waals surface area contributed by atoms with E-state index in [2.05, 4.69) is 12.1 Å². The number of fused-ring (bicyclic) bond motifs is 3. The predicted molar refractivity (Wildman–Crippen MR) is 95.4 cm³/mol. The average Bonchev–Trinajstić information content (AvgIpc) is 3.05. The number of rotatable bonds is 3. The van der Waals surface area contributed by atoms with Crippen LogP contribution in [0.4, 0.5) is 0 Å². The smallest absolute Gasteiger partial charge is 0.230 e. The summed E-state index contributed by atoms with van der Waals surface area (Å²) < 4.78 is 11.4. The number of carbonyl (C=O) groups excluding carboxylic acids is 1. The largest absolute Gasteiger partial charge is 0.461 e. The lowest BCUT2D eigenvalue weighted by atomic mass is 10.1. The highest BCUT2D eigenvalue weighted by molar-refractivity contribution is 6.06. The van der Waals surface area contributed by atoms with Gasteiger partial charge in [0.25, 0.3) is 0 Å². The Bertz CT molecular complexity index is 916. The van der Waals surface area contributed by atoms with Crippen LogP contribution in [0.3, 0.4) is 0 Å². The summed E-state index contributed by atoms with van der Waals surface area (Å²) >= 11 is 0. The van der Waals surface area contributed by atoms with E-state index in [1.54, 1.807) is 4.90 Å². The van der Waals surface area contributed by atoms with Crippen molar-refractivity contribution in [2.45, 2.75) is 25.5 Å². The molecule has 0 radical (unpaired) electrons. The van der Waals surface area contributed by atoms with E-state index in [1.165, 1.54) is 0 Å². The number of amides is 1. The van der Waals surface area contributed by atoms with Crippen molar-refractivity contribution in [2.75, 3.05) is 19.8 Å². The summed E-state index contributed by atoms with van der Waals surface area (Å²) in [5.74, 6) is 0.660. The average molecular weight is 339 g/mol. The zero-order valence-corrected chi connectivity index (χ0v) is 14.1. The van der Waals surface area contributed by atoms with Gasteiger partial charge in [-0.1, -0.05) is 30.3 Å². The van der Waals surface area contributed by atoms with Crippen LogP contribution in [-0.4, -0.2) is 47.8 Å². The quantitative estimate of drug-likeness (QED) is 0.797. The maximum Gasteiger partial charge on any atom is 0.230 e. The van der Waals surface area contributed by atoms with Crippen molar-refractivity contribution in [3.63, 3.8) is 0 Å². The number of hydrogen-bond acceptors (Lipinski definition) is 4. The molecule has 3 aromatic rings. The number of hydrogen-bond donors (Lipinski definition) is 1. The topological polar surface area (TPSA) is 62.9 Å². The second kappa shape index (κ2) is 6.50. The third-order valence-electron chi connectivity index (χ3n) is 4.83. The van der Waals surface area contributed by atoms with Crippen LogP contribution in [0.1, 0.15) is 12.7 Å². The first-order valence-electron chi connectivity index (χ1n) is 8.58. The number of carbonyl (C=O) groups is 1. The Morgan fingerprint density at radius 1 is 1.24 bits per heavy atom. The van der Waals surface area contributed by atoms with Crippen LogP contribution in [-0.2, 0) is 16.0 Å². The Morgan fingerprint density at radius 3 is 2.92 bits per heavy atom. The molecule has 25 heavy (non-hydrogen) atoms. The minimum Gasteiger partial charge on any atom is -0.461 e. The Morgan fingerprint density at radius 2 is 2.08 bits per heavy atom. The molecule has 0 saturated carbocycles. The van der Waals surface area contributed by atoms with Gasteiger partial charge in [-0.25, -0.2) is 0 Å². The molecule has 5 heteroatoms. The molecule has 2 aromatic carbocycles. The van der Waals surface area contributed by atoms with Crippen LogP contribution < -0.4 is 0 Å². The molecule has 1 aromatic heterocycles. The fourth-order valence-corrected chi connectivity index (χ4v) is 3.46. The third-order valence-corrected chi connectivity index (χ3v) is 4.83. The minimum absolute atomic E-state index is 0.000471. The SMILES string of the molecule is C[C@@H]1CO[C@H](CO)CN1C(=O)Cc1cc2c(ccc3ccccc32)o1. The van der Waals surface area contributed by atoms with Crippen LogP contribution >= 0.6 is 0 Å². The fraction of sp³-hybridized carbons (Fsp3) is 0.350. The molecular weight excluding hydrogens is 318 g/mol. The lowest BCUT2D eigenvalue weighted by molar-refractivity contribution is -0.145. The predicted octanol–water partition coefficient (Wildman–Crippen LogP) is 2.74. The summed E-state index contributed by atoms with van der Waals surface area (Å²) in [5.41, 5.74) is 0.796. The summed E-state index contributed by atoms with van der Waals surface area (Å²) in [7, 11) is 0. The van der Waals surface area contributed by atoms with Gasteiger partial charge in [-0.15, -0.1) is 0 Å². The molecule has 0 unspecified atom stereocenters. The number of morpholine rings is 1. The Hall–Kier alpha value is -2.37. The van der Waals surface area contributed by atoms with E-state index in [0.717, 1.165) is 21.7 Å². The lowest BCUT2D eigenvalue weighted by Crippen LogP contribution is -2.52. The van der Waals surface area contributed by atoms with E-state index >= 15 is 0 Å². The first-order valence-corrected chi connectivity index (χ1v) is 8.58. The summed E-state index contributed by atoms with van der Waals surface area (Å²) in [5, 5.41) is 12.6. The Balaban J connectivity index is 1.60. The van der Waals surface area contributed by atoms with E-state index < -0.39 is 0 Å². The second-order valence-corrected chi connectivity index (χ2v) is 6.62. The molecule has 5 nitrogen and oxygen atoms in total. The summed E-state index contributed by atoms with van der Waals surface area (Å²) in [4.78, 5) is 14.5. The highest BCUT2D eigenvalue weighted by Gasteiger charge is 2.29. The van der Waals surface area contributed by atoms with Crippen molar-refractivity contribution in [2.24, 2.45) is 0 Å². The van der Waals surface area contributed by atoms with Crippen molar-refractivity contribution >= 4 is 27.6 Å². The minimum atomic E-state index is -0.306. The number of ether oxygens (including phenoxy) is 1. The molecule has 1 amide bonds. The van der Waals surface area contributed by atoms with E-state index in [-0.39, 0.29) is 31.1 Å². The number of furan rings is 1. The second-order valence-electron chi connectivity index (χ2n) is 6.62. The monoisotopic (exact) mass is 339 g/mol. The highest BCUT2D eigenvalue weighted by Crippen LogP contribution is 2.28. The molecule has 130 valence electrons. The van der Waals surface area contributed by atoms with Gasteiger partial charge in [-0.05, 0) is 29.8 Å². The normalized spacial score (nSPS) is 21.1. The van der Waals surface area contributed by atoms with Crippen molar-refractivity contribution < 1.29 is 19.1 Å². The number of aliphatic hydroxyl groups excluding tert-OH is 1. The zero-order chi connectivity index (χ0) is 17.4. The molecule has 4 rings (SSSR count). The summed E-state index contributed by atoms with van der Waals surface area (Å²) in [6, 6.07) is 14.1. The molecule has 1 saturated heterocycles. The molecule has 1 N–H and O–H groups in total. The van der Waals surface area contributed by atoms with Crippen molar-refractivity contribution in [1.29, 1.82) is 0 Å². The van der Waals surface area contributed by atoms with Crippen molar-refractivity contribution in [1.82, 2.24) is 4.90 Å². The number of benzene rings is 2. The van der Waals surface area contributed by atoms with E-state index in [0.29, 0.717) is 18.9 Å². The van der Waals surface area contributed by atoms with Crippen LogP contribution in [0.5, 0.6) is 0 Å². The number of nitrogens with zero attached hydrogens (tertiary/aromatic N) is 1. The highest BCUT2D eigenvalue weighted by atomic mass is 16.5. The van der Waals surface area contributed by atoms with Crippen molar-refractivity contribution in [3.05, 3.63) is 48.2 Å². The number of aliphatic hydroxyl groups is 1. The lowest BCUT2D eigenvalue weighted by Gasteiger charge is -2.37. The molecule has 0 aliphatic carbocycles. The molecule has 0 bridgehead atoms. The van der Waals surface area contributed by atoms with Crippen LogP contribution in [0.2, 0.25) is 0 Å². The van der Waals surface area contributed by atoms with Gasteiger partial charge >= 0.3 is 0 Å². The Labute approximate surface area is 145 Å². The molecule has 1 aliphatic rings. The van der Waals surface area contributed by atoms with Gasteiger partial charge in [-0.2, -0.15) is 0 Å². The molecule has 2 heterocycles. The van der Waals surface area contributed by atoms with Gasteiger partial charge in [0.05, 0.1) is 31.8 Å². The van der Waals surface area contributed by atoms with Crippen LogP contribution in [0.15, 0.2) is 46.9 Å². The first-order chi connectivity index (χ1) is 12.2. The van der Waals surface area contributed by atoms with Crippen LogP contribution in [0.25, 0.3) is 21.7 Å². The maximum atomic E-state index is 12.7. The van der Waals surface area contributed by atoms with Gasteiger partial charge in [0.2, 0.25) is 5.91 Å². The van der Waals surface area contributed by atoms with Crippen molar-refractivity contribution in [3.8, 4) is 0 Å². The molecular formula is C20H21NO4. The molecule has 1 fully saturated rings. The molecule has 2 atom stereocenters.